The van der Waals surface area contributed by atoms with Crippen LogP contribution in [0.15, 0.2) is 131 Å². The molecule has 174 valence electrons. The molecule has 0 spiro atoms. The summed E-state index contributed by atoms with van der Waals surface area (Å²) in [5.41, 5.74) is 2.39. The Labute approximate surface area is 206 Å². The number of benzene rings is 4. The Bertz CT molecular complexity index is 1320. The van der Waals surface area contributed by atoms with Crippen LogP contribution in [-0.2, 0) is 4.74 Å². The van der Waals surface area contributed by atoms with Gasteiger partial charge in [-0.2, -0.15) is 0 Å². The van der Waals surface area contributed by atoms with Crippen molar-refractivity contribution in [3.8, 4) is 0 Å². The Hall–Kier alpha value is -3.68. The van der Waals surface area contributed by atoms with E-state index in [-0.39, 0.29) is 5.82 Å². The van der Waals surface area contributed by atoms with E-state index >= 15 is 4.39 Å². The number of nitrogens with zero attached hydrogens (tertiary/aromatic N) is 1. The van der Waals surface area contributed by atoms with E-state index in [0.717, 1.165) is 40.1 Å². The molecule has 0 saturated heterocycles. The second-order valence-corrected chi connectivity index (χ2v) is 11.4. The maximum absolute atomic E-state index is 15.6. The summed E-state index contributed by atoms with van der Waals surface area (Å²) >= 11 is 0. The smallest absolute Gasteiger partial charge is 0.149 e. The molecule has 0 N–H and O–H groups in total. The van der Waals surface area contributed by atoms with Crippen LogP contribution in [0.5, 0.6) is 0 Å². The second kappa shape index (κ2) is 10.3. The normalized spacial score (nSPS) is 13.0. The SMILES string of the molecule is COC(/C=C/c1cccc(F)c1N=P(c1ccccc1)(c1ccccc1)c1ccccc1)=C1CC1. The Morgan fingerprint density at radius 2 is 1.26 bits per heavy atom. The van der Waals surface area contributed by atoms with Gasteiger partial charge in [0.05, 0.1) is 14.2 Å². The molecule has 4 aromatic carbocycles. The first-order valence-electron chi connectivity index (χ1n) is 11.7. The first-order valence-corrected chi connectivity index (χ1v) is 13.5. The number of methoxy groups -OCH3 is 1. The van der Waals surface area contributed by atoms with Gasteiger partial charge in [-0.15, -0.1) is 0 Å². The fraction of sp³-hybridized carbons (Fsp3) is 0.0968. The fourth-order valence-electron chi connectivity index (χ4n) is 4.28. The summed E-state index contributed by atoms with van der Waals surface area (Å²) in [5, 5.41) is 3.23. The largest absolute Gasteiger partial charge is 0.497 e. The topological polar surface area (TPSA) is 21.6 Å². The molecule has 4 aromatic rings. The van der Waals surface area contributed by atoms with Crippen LogP contribution < -0.4 is 15.9 Å². The molecule has 35 heavy (non-hydrogen) atoms. The van der Waals surface area contributed by atoms with E-state index in [1.807, 2.05) is 72.8 Å². The predicted octanol–water partition coefficient (Wildman–Crippen LogP) is 7.34. The molecular weight excluding hydrogens is 452 g/mol. The molecule has 5 rings (SSSR count). The van der Waals surface area contributed by atoms with Crippen molar-refractivity contribution in [3.63, 3.8) is 0 Å². The van der Waals surface area contributed by atoms with Crippen molar-refractivity contribution < 1.29 is 9.13 Å². The van der Waals surface area contributed by atoms with Gasteiger partial charge in [0, 0.05) is 21.5 Å². The van der Waals surface area contributed by atoms with Crippen molar-refractivity contribution in [3.05, 3.63) is 138 Å². The monoisotopic (exact) mass is 479 g/mol. The lowest BCUT2D eigenvalue weighted by atomic mass is 10.1. The van der Waals surface area contributed by atoms with Gasteiger partial charge in [-0.3, -0.25) is 4.74 Å². The van der Waals surface area contributed by atoms with Gasteiger partial charge in [0.15, 0.2) is 0 Å². The average Bonchev–Trinajstić information content (AvgIpc) is 3.76. The van der Waals surface area contributed by atoms with E-state index in [9.17, 15) is 0 Å². The van der Waals surface area contributed by atoms with Crippen molar-refractivity contribution >= 4 is 34.7 Å². The van der Waals surface area contributed by atoms with Gasteiger partial charge >= 0.3 is 0 Å². The molecule has 1 saturated carbocycles. The molecule has 0 unspecified atom stereocenters. The number of hydrogen-bond donors (Lipinski definition) is 0. The van der Waals surface area contributed by atoms with E-state index in [2.05, 4.69) is 36.4 Å². The van der Waals surface area contributed by atoms with Gasteiger partial charge in [0.1, 0.15) is 17.3 Å². The van der Waals surface area contributed by atoms with Gasteiger partial charge < -0.3 is 4.74 Å². The van der Waals surface area contributed by atoms with Gasteiger partial charge in [0.25, 0.3) is 0 Å². The molecule has 4 heteroatoms. The third-order valence-electron chi connectivity index (χ3n) is 6.14. The molecule has 0 aliphatic heterocycles. The number of allylic oxidation sites excluding steroid dienone is 2. The summed E-state index contributed by atoms with van der Waals surface area (Å²) in [7, 11) is -0.903. The van der Waals surface area contributed by atoms with Crippen LogP contribution in [0.1, 0.15) is 18.4 Å². The van der Waals surface area contributed by atoms with Gasteiger partial charge in [-0.05, 0) is 36.6 Å². The van der Waals surface area contributed by atoms with Crippen LogP contribution in [-0.4, -0.2) is 7.11 Å². The zero-order valence-electron chi connectivity index (χ0n) is 19.6. The van der Waals surface area contributed by atoms with Crippen LogP contribution >= 0.6 is 7.05 Å². The molecule has 2 nitrogen and oxygen atoms in total. The molecule has 0 heterocycles. The summed E-state index contributed by atoms with van der Waals surface area (Å²) in [6, 6.07) is 35.9. The lowest BCUT2D eigenvalue weighted by Gasteiger charge is -2.27. The lowest BCUT2D eigenvalue weighted by molar-refractivity contribution is 0.305. The Balaban J connectivity index is 1.83. The minimum Gasteiger partial charge on any atom is -0.497 e. The van der Waals surface area contributed by atoms with Crippen LogP contribution in [0.25, 0.3) is 6.08 Å². The Morgan fingerprint density at radius 1 is 0.743 bits per heavy atom. The van der Waals surface area contributed by atoms with Crippen LogP contribution in [0.2, 0.25) is 0 Å². The van der Waals surface area contributed by atoms with Gasteiger partial charge in [0.2, 0.25) is 0 Å². The maximum Gasteiger partial charge on any atom is 0.149 e. The standard InChI is InChI=1S/C31H27FNOP/c1-34-30(24-20-21-24)23-22-25-12-11-19-29(32)31(25)33-35(26-13-5-2-6-14-26,27-15-7-3-8-16-27)28-17-9-4-10-18-28/h2-19,22-23H,20-21H2,1H3/b23-22+. The predicted molar refractivity (Wildman–Crippen MR) is 146 cm³/mol. The summed E-state index contributed by atoms with van der Waals surface area (Å²) in [6.07, 6.45) is 5.96. The highest BCUT2D eigenvalue weighted by molar-refractivity contribution is 7.87. The maximum atomic E-state index is 15.6. The van der Waals surface area contributed by atoms with Crippen LogP contribution in [0.4, 0.5) is 10.1 Å². The molecule has 1 aliphatic rings. The van der Waals surface area contributed by atoms with Gasteiger partial charge in [-0.1, -0.05) is 103 Å². The average molecular weight is 480 g/mol. The van der Waals surface area contributed by atoms with Crippen molar-refractivity contribution in [1.29, 1.82) is 0 Å². The van der Waals surface area contributed by atoms with Crippen molar-refractivity contribution in [1.82, 2.24) is 0 Å². The summed E-state index contributed by atoms with van der Waals surface area (Å²) in [6.45, 7) is 0. The summed E-state index contributed by atoms with van der Waals surface area (Å²) < 4.78 is 26.5. The quantitative estimate of drug-likeness (QED) is 0.201. The second-order valence-electron chi connectivity index (χ2n) is 8.42. The van der Waals surface area contributed by atoms with Gasteiger partial charge in [-0.25, -0.2) is 4.39 Å². The number of halogens is 1. The minimum atomic E-state index is -2.58. The lowest BCUT2D eigenvalue weighted by Crippen LogP contribution is -2.25. The Morgan fingerprint density at radius 3 is 1.71 bits per heavy atom. The molecule has 1 aliphatic carbocycles. The van der Waals surface area contributed by atoms with Crippen LogP contribution in [0.3, 0.4) is 0 Å². The highest BCUT2D eigenvalue weighted by Gasteiger charge is 2.28. The Kier molecular flexibility index (Phi) is 6.79. The summed E-state index contributed by atoms with van der Waals surface area (Å²) in [4.78, 5) is 0. The number of hydrogen-bond acceptors (Lipinski definition) is 2. The molecule has 0 radical (unpaired) electrons. The molecule has 0 aromatic heterocycles. The highest BCUT2D eigenvalue weighted by Crippen LogP contribution is 2.50. The van der Waals surface area contributed by atoms with E-state index < -0.39 is 7.05 Å². The molecule has 0 atom stereocenters. The molecule has 0 amide bonds. The van der Waals surface area contributed by atoms with Crippen molar-refractivity contribution in [2.24, 2.45) is 4.74 Å². The van der Waals surface area contributed by atoms with E-state index in [1.54, 1.807) is 13.2 Å². The van der Waals surface area contributed by atoms with Crippen molar-refractivity contribution in [2.45, 2.75) is 12.8 Å². The summed E-state index contributed by atoms with van der Waals surface area (Å²) in [5.74, 6) is 0.521. The molecular formula is C31H27FNOP. The van der Waals surface area contributed by atoms with Crippen molar-refractivity contribution in [2.75, 3.05) is 7.11 Å². The zero-order valence-corrected chi connectivity index (χ0v) is 20.5. The number of ether oxygens (including phenoxy) is 1. The molecule has 1 fully saturated rings. The van der Waals surface area contributed by atoms with E-state index in [0.29, 0.717) is 5.69 Å². The number of rotatable bonds is 7. The first-order chi connectivity index (χ1) is 17.2. The highest BCUT2D eigenvalue weighted by atomic mass is 31.2. The molecule has 0 bridgehead atoms. The fourth-order valence-corrected chi connectivity index (χ4v) is 7.84. The first kappa shape index (κ1) is 23.1. The minimum absolute atomic E-state index is 0.336. The zero-order chi connectivity index (χ0) is 24.1. The third-order valence-corrected chi connectivity index (χ3v) is 9.78. The van der Waals surface area contributed by atoms with Crippen LogP contribution in [0, 0.1) is 5.82 Å². The third kappa shape index (κ3) is 4.78. The van der Waals surface area contributed by atoms with E-state index in [1.165, 1.54) is 11.6 Å². The van der Waals surface area contributed by atoms with E-state index in [4.69, 9.17) is 9.48 Å².